The molecule has 4 nitrogen and oxygen atoms in total. The Morgan fingerprint density at radius 2 is 2.24 bits per heavy atom. The molecule has 1 N–H and O–H groups in total. The SMILES string of the molecule is CCn1ncc(OC)c1C(NC)C1CCCC1. The van der Waals surface area contributed by atoms with Gasteiger partial charge in [0.2, 0.25) is 0 Å². The fourth-order valence-electron chi connectivity index (χ4n) is 2.99. The maximum absolute atomic E-state index is 5.45. The second-order valence-corrected chi connectivity index (χ2v) is 4.72. The molecule has 1 unspecified atom stereocenters. The van der Waals surface area contributed by atoms with E-state index in [-0.39, 0.29) is 0 Å². The molecule has 1 atom stereocenters. The van der Waals surface area contributed by atoms with Gasteiger partial charge in [0.05, 0.1) is 25.0 Å². The molecular formula is C13H23N3O. The van der Waals surface area contributed by atoms with E-state index in [0.717, 1.165) is 18.2 Å². The van der Waals surface area contributed by atoms with Crippen LogP contribution in [-0.2, 0) is 6.54 Å². The molecule has 1 aromatic rings. The largest absolute Gasteiger partial charge is 0.493 e. The van der Waals surface area contributed by atoms with Crippen LogP contribution in [0, 0.1) is 5.92 Å². The highest BCUT2D eigenvalue weighted by atomic mass is 16.5. The summed E-state index contributed by atoms with van der Waals surface area (Å²) in [7, 11) is 3.76. The molecule has 0 aromatic carbocycles. The first-order chi connectivity index (χ1) is 8.31. The smallest absolute Gasteiger partial charge is 0.161 e. The summed E-state index contributed by atoms with van der Waals surface area (Å²) in [4.78, 5) is 0. The molecule has 0 aliphatic heterocycles. The van der Waals surface area contributed by atoms with Crippen LogP contribution < -0.4 is 10.1 Å². The average Bonchev–Trinajstić information content (AvgIpc) is 2.99. The van der Waals surface area contributed by atoms with E-state index >= 15 is 0 Å². The number of rotatable bonds is 5. The molecule has 1 heterocycles. The van der Waals surface area contributed by atoms with Crippen LogP contribution in [0.4, 0.5) is 0 Å². The van der Waals surface area contributed by atoms with Crippen LogP contribution in [0.5, 0.6) is 5.75 Å². The van der Waals surface area contributed by atoms with Gasteiger partial charge in [-0.05, 0) is 32.7 Å². The number of aromatic nitrogens is 2. The quantitative estimate of drug-likeness (QED) is 0.854. The lowest BCUT2D eigenvalue weighted by atomic mass is 9.95. The van der Waals surface area contributed by atoms with Gasteiger partial charge in [-0.3, -0.25) is 4.68 Å². The van der Waals surface area contributed by atoms with Crippen LogP contribution in [0.2, 0.25) is 0 Å². The van der Waals surface area contributed by atoms with Gasteiger partial charge in [-0.1, -0.05) is 12.8 Å². The lowest BCUT2D eigenvalue weighted by Crippen LogP contribution is -2.26. The molecule has 2 rings (SSSR count). The Morgan fingerprint density at radius 1 is 1.53 bits per heavy atom. The second kappa shape index (κ2) is 5.54. The zero-order chi connectivity index (χ0) is 12.3. The van der Waals surface area contributed by atoms with Gasteiger partial charge in [-0.25, -0.2) is 0 Å². The monoisotopic (exact) mass is 237 g/mol. The summed E-state index contributed by atoms with van der Waals surface area (Å²) in [6, 6.07) is 0.370. The van der Waals surface area contributed by atoms with Gasteiger partial charge in [-0.15, -0.1) is 0 Å². The molecule has 1 aromatic heterocycles. The van der Waals surface area contributed by atoms with Crippen molar-refractivity contribution in [3.8, 4) is 5.75 Å². The summed E-state index contributed by atoms with van der Waals surface area (Å²) in [6.45, 7) is 3.01. The predicted molar refractivity (Wildman–Crippen MR) is 68.2 cm³/mol. The van der Waals surface area contributed by atoms with E-state index < -0.39 is 0 Å². The molecule has 1 aliphatic carbocycles. The van der Waals surface area contributed by atoms with Gasteiger partial charge in [0.1, 0.15) is 0 Å². The Balaban J connectivity index is 2.30. The van der Waals surface area contributed by atoms with E-state index in [4.69, 9.17) is 4.74 Å². The first-order valence-corrected chi connectivity index (χ1v) is 6.58. The van der Waals surface area contributed by atoms with Crippen molar-refractivity contribution in [2.24, 2.45) is 5.92 Å². The van der Waals surface area contributed by atoms with Gasteiger partial charge < -0.3 is 10.1 Å². The Morgan fingerprint density at radius 3 is 2.76 bits per heavy atom. The molecule has 0 bridgehead atoms. The zero-order valence-electron chi connectivity index (χ0n) is 11.1. The maximum Gasteiger partial charge on any atom is 0.161 e. The average molecular weight is 237 g/mol. The highest BCUT2D eigenvalue weighted by molar-refractivity contribution is 5.29. The van der Waals surface area contributed by atoms with Crippen molar-refractivity contribution in [3.05, 3.63) is 11.9 Å². The number of hydrogen-bond donors (Lipinski definition) is 1. The number of ether oxygens (including phenoxy) is 1. The van der Waals surface area contributed by atoms with Gasteiger partial charge >= 0.3 is 0 Å². The third-order valence-electron chi connectivity index (χ3n) is 3.84. The molecule has 0 radical (unpaired) electrons. The molecule has 0 spiro atoms. The van der Waals surface area contributed by atoms with E-state index in [1.165, 1.54) is 31.4 Å². The van der Waals surface area contributed by atoms with Crippen LogP contribution in [0.3, 0.4) is 0 Å². The van der Waals surface area contributed by atoms with Gasteiger partial charge in [0, 0.05) is 6.54 Å². The van der Waals surface area contributed by atoms with Crippen molar-refractivity contribution < 1.29 is 4.74 Å². The van der Waals surface area contributed by atoms with Crippen LogP contribution >= 0.6 is 0 Å². The topological polar surface area (TPSA) is 39.1 Å². The number of nitrogens with zero attached hydrogens (tertiary/aromatic N) is 2. The Hall–Kier alpha value is -1.03. The summed E-state index contributed by atoms with van der Waals surface area (Å²) < 4.78 is 7.50. The Labute approximate surface area is 103 Å². The molecule has 0 saturated heterocycles. The normalized spacial score (nSPS) is 18.5. The molecule has 1 fully saturated rings. The molecule has 96 valence electrons. The van der Waals surface area contributed by atoms with Crippen LogP contribution in [-0.4, -0.2) is 23.9 Å². The first-order valence-electron chi connectivity index (χ1n) is 6.58. The molecule has 17 heavy (non-hydrogen) atoms. The number of aryl methyl sites for hydroxylation is 1. The number of hydrogen-bond acceptors (Lipinski definition) is 3. The highest BCUT2D eigenvalue weighted by Crippen LogP contribution is 2.38. The highest BCUT2D eigenvalue weighted by Gasteiger charge is 2.30. The van der Waals surface area contributed by atoms with Gasteiger partial charge in [-0.2, -0.15) is 5.10 Å². The van der Waals surface area contributed by atoms with Crippen molar-refractivity contribution in [1.29, 1.82) is 0 Å². The summed E-state index contributed by atoms with van der Waals surface area (Å²) >= 11 is 0. The maximum atomic E-state index is 5.45. The molecule has 4 heteroatoms. The fraction of sp³-hybridized carbons (Fsp3) is 0.769. The van der Waals surface area contributed by atoms with E-state index in [9.17, 15) is 0 Å². The summed E-state index contributed by atoms with van der Waals surface area (Å²) in [5.41, 5.74) is 1.21. The van der Waals surface area contributed by atoms with Crippen molar-refractivity contribution in [1.82, 2.24) is 15.1 Å². The minimum atomic E-state index is 0.370. The summed E-state index contributed by atoms with van der Waals surface area (Å²) in [5.74, 6) is 1.63. The van der Waals surface area contributed by atoms with Crippen LogP contribution in [0.1, 0.15) is 44.3 Å². The third-order valence-corrected chi connectivity index (χ3v) is 3.84. The standard InChI is InChI=1S/C13H23N3O/c1-4-16-13(11(17-3)9-15-16)12(14-2)10-7-5-6-8-10/h9-10,12,14H,4-8H2,1-3H3. The van der Waals surface area contributed by atoms with Crippen molar-refractivity contribution in [3.63, 3.8) is 0 Å². The van der Waals surface area contributed by atoms with Gasteiger partial charge in [0.15, 0.2) is 5.75 Å². The minimum absolute atomic E-state index is 0.370. The molecule has 0 amide bonds. The van der Waals surface area contributed by atoms with E-state index in [2.05, 4.69) is 22.0 Å². The van der Waals surface area contributed by atoms with Crippen molar-refractivity contribution in [2.75, 3.05) is 14.2 Å². The van der Waals surface area contributed by atoms with Crippen molar-refractivity contribution in [2.45, 2.75) is 45.2 Å². The molecule has 1 aliphatic rings. The molecular weight excluding hydrogens is 214 g/mol. The lowest BCUT2D eigenvalue weighted by molar-refractivity contribution is 0.342. The number of nitrogens with one attached hydrogen (secondary N) is 1. The van der Waals surface area contributed by atoms with Crippen molar-refractivity contribution >= 4 is 0 Å². The first kappa shape index (κ1) is 12.4. The Bertz CT molecular complexity index is 334. The second-order valence-electron chi connectivity index (χ2n) is 4.72. The lowest BCUT2D eigenvalue weighted by Gasteiger charge is -2.24. The zero-order valence-corrected chi connectivity index (χ0v) is 11.1. The summed E-state index contributed by atoms with van der Waals surface area (Å²) in [5, 5.41) is 7.85. The molecule has 1 saturated carbocycles. The van der Waals surface area contributed by atoms with E-state index in [1.807, 2.05) is 13.2 Å². The third kappa shape index (κ3) is 2.32. The van der Waals surface area contributed by atoms with Crippen LogP contribution in [0.15, 0.2) is 6.20 Å². The predicted octanol–water partition coefficient (Wildman–Crippen LogP) is 2.36. The van der Waals surface area contributed by atoms with Crippen LogP contribution in [0.25, 0.3) is 0 Å². The van der Waals surface area contributed by atoms with E-state index in [0.29, 0.717) is 6.04 Å². The Kier molecular flexibility index (Phi) is 4.05. The summed E-state index contributed by atoms with van der Waals surface area (Å²) in [6.07, 6.45) is 7.15. The minimum Gasteiger partial charge on any atom is -0.493 e. The fourth-order valence-corrected chi connectivity index (χ4v) is 2.99. The number of methoxy groups -OCH3 is 1. The van der Waals surface area contributed by atoms with E-state index in [1.54, 1.807) is 7.11 Å². The van der Waals surface area contributed by atoms with Gasteiger partial charge in [0.25, 0.3) is 0 Å².